The molecule has 0 spiro atoms. The fraction of sp³-hybridized carbons (Fsp3) is 0.538. The molecule has 0 saturated carbocycles. The summed E-state index contributed by atoms with van der Waals surface area (Å²) in [4.78, 5) is 0. The Bertz CT molecular complexity index is 347. The van der Waals surface area contributed by atoms with E-state index in [4.69, 9.17) is 14.2 Å². The highest BCUT2D eigenvalue weighted by Gasteiger charge is 2.19. The maximum absolute atomic E-state index is 10.0. The van der Waals surface area contributed by atoms with Crippen molar-refractivity contribution in [3.63, 3.8) is 0 Å². The van der Waals surface area contributed by atoms with Crippen LogP contribution in [0.25, 0.3) is 0 Å². The van der Waals surface area contributed by atoms with E-state index in [1.54, 1.807) is 7.11 Å². The van der Waals surface area contributed by atoms with Gasteiger partial charge in [0, 0.05) is 12.2 Å². The number of benzene rings is 1. The summed E-state index contributed by atoms with van der Waals surface area (Å²) in [6.07, 6.45) is 0.352. The van der Waals surface area contributed by atoms with Crippen LogP contribution in [0.4, 0.5) is 0 Å². The number of aliphatic hydroxyl groups excluding tert-OH is 1. The first-order valence-corrected chi connectivity index (χ1v) is 5.81. The fourth-order valence-electron chi connectivity index (χ4n) is 1.90. The third kappa shape index (κ3) is 3.19. The summed E-state index contributed by atoms with van der Waals surface area (Å²) in [7, 11) is 1.59. The van der Waals surface area contributed by atoms with Crippen molar-refractivity contribution in [2.75, 3.05) is 26.9 Å². The molecule has 2 atom stereocenters. The Balaban J connectivity index is 1.91. The van der Waals surface area contributed by atoms with Crippen LogP contribution in [-0.2, 0) is 9.47 Å². The van der Waals surface area contributed by atoms with E-state index in [1.807, 2.05) is 24.3 Å². The molecule has 94 valence electrons. The molecule has 1 aromatic rings. The summed E-state index contributed by atoms with van der Waals surface area (Å²) >= 11 is 0. The third-order valence-electron chi connectivity index (χ3n) is 2.88. The molecule has 0 amide bonds. The van der Waals surface area contributed by atoms with Gasteiger partial charge in [-0.1, -0.05) is 18.2 Å². The monoisotopic (exact) mass is 238 g/mol. The van der Waals surface area contributed by atoms with E-state index in [0.717, 1.165) is 18.6 Å². The molecular formula is C13H18O4. The summed E-state index contributed by atoms with van der Waals surface area (Å²) in [5.74, 6) is 0.686. The number of ether oxygens (including phenoxy) is 3. The average molecular weight is 238 g/mol. The predicted octanol–water partition coefficient (Wildman–Crippen LogP) is 1.53. The van der Waals surface area contributed by atoms with Gasteiger partial charge in [-0.3, -0.25) is 0 Å². The van der Waals surface area contributed by atoms with Gasteiger partial charge in [0.05, 0.1) is 26.4 Å². The Morgan fingerprint density at radius 2 is 2.29 bits per heavy atom. The minimum Gasteiger partial charge on any atom is -0.496 e. The highest BCUT2D eigenvalue weighted by Crippen LogP contribution is 2.25. The zero-order chi connectivity index (χ0) is 12.1. The Morgan fingerprint density at radius 3 is 3.00 bits per heavy atom. The summed E-state index contributed by atoms with van der Waals surface area (Å²) in [5.41, 5.74) is 0.758. The largest absolute Gasteiger partial charge is 0.496 e. The van der Waals surface area contributed by atoms with E-state index < -0.39 is 6.10 Å². The molecule has 17 heavy (non-hydrogen) atoms. The second-order valence-electron chi connectivity index (χ2n) is 4.08. The van der Waals surface area contributed by atoms with Gasteiger partial charge in [-0.15, -0.1) is 0 Å². The molecule has 0 aromatic heterocycles. The highest BCUT2D eigenvalue weighted by molar-refractivity contribution is 5.34. The van der Waals surface area contributed by atoms with Gasteiger partial charge in [0.15, 0.2) is 0 Å². The normalized spacial score (nSPS) is 21.4. The summed E-state index contributed by atoms with van der Waals surface area (Å²) in [6, 6.07) is 7.43. The third-order valence-corrected chi connectivity index (χ3v) is 2.88. The van der Waals surface area contributed by atoms with E-state index in [0.29, 0.717) is 12.4 Å². The average Bonchev–Trinajstić information content (AvgIpc) is 2.89. The van der Waals surface area contributed by atoms with Crippen molar-refractivity contribution in [2.24, 2.45) is 0 Å². The maximum atomic E-state index is 10.0. The standard InChI is InChI=1S/C13H18O4/c1-15-13-5-3-2-4-11(13)12(14)9-17-10-6-7-16-8-10/h2-5,10,12,14H,6-9H2,1H3. The summed E-state index contributed by atoms with van der Waals surface area (Å²) in [5, 5.41) is 10.0. The molecule has 2 rings (SSSR count). The van der Waals surface area contributed by atoms with Crippen LogP contribution in [0.1, 0.15) is 18.1 Å². The van der Waals surface area contributed by atoms with Crippen LogP contribution in [0.3, 0.4) is 0 Å². The minimum atomic E-state index is -0.660. The van der Waals surface area contributed by atoms with Crippen LogP contribution < -0.4 is 4.74 Å². The van der Waals surface area contributed by atoms with Gasteiger partial charge in [-0.2, -0.15) is 0 Å². The number of methoxy groups -OCH3 is 1. The van der Waals surface area contributed by atoms with Crippen molar-refractivity contribution >= 4 is 0 Å². The molecule has 4 heteroatoms. The van der Waals surface area contributed by atoms with Crippen molar-refractivity contribution < 1.29 is 19.3 Å². The van der Waals surface area contributed by atoms with Crippen LogP contribution in [-0.4, -0.2) is 38.1 Å². The number of hydrogen-bond acceptors (Lipinski definition) is 4. The van der Waals surface area contributed by atoms with Crippen LogP contribution in [0.15, 0.2) is 24.3 Å². The van der Waals surface area contributed by atoms with Gasteiger partial charge in [0.1, 0.15) is 11.9 Å². The lowest BCUT2D eigenvalue weighted by atomic mass is 10.1. The number of rotatable bonds is 5. The Labute approximate surface area is 101 Å². The molecule has 1 aliphatic rings. The Hall–Kier alpha value is -1.10. The molecule has 4 nitrogen and oxygen atoms in total. The first-order valence-electron chi connectivity index (χ1n) is 5.81. The molecule has 1 aromatic carbocycles. The van der Waals surface area contributed by atoms with Gasteiger partial charge < -0.3 is 19.3 Å². The van der Waals surface area contributed by atoms with E-state index in [9.17, 15) is 5.11 Å². The topological polar surface area (TPSA) is 47.9 Å². The summed E-state index contributed by atoms with van der Waals surface area (Å²) in [6.45, 7) is 1.64. The van der Waals surface area contributed by atoms with E-state index in [-0.39, 0.29) is 12.7 Å². The molecule has 1 fully saturated rings. The number of para-hydroxylation sites is 1. The van der Waals surface area contributed by atoms with Gasteiger partial charge in [-0.25, -0.2) is 0 Å². The molecular weight excluding hydrogens is 220 g/mol. The van der Waals surface area contributed by atoms with E-state index >= 15 is 0 Å². The van der Waals surface area contributed by atoms with Crippen LogP contribution in [0.5, 0.6) is 5.75 Å². The van der Waals surface area contributed by atoms with Crippen molar-refractivity contribution in [3.05, 3.63) is 29.8 Å². The zero-order valence-electron chi connectivity index (χ0n) is 9.96. The maximum Gasteiger partial charge on any atom is 0.124 e. The van der Waals surface area contributed by atoms with Crippen molar-refractivity contribution in [1.82, 2.24) is 0 Å². The molecule has 1 aliphatic heterocycles. The first-order chi connectivity index (χ1) is 8.31. The lowest BCUT2D eigenvalue weighted by Crippen LogP contribution is -2.17. The molecule has 1 saturated heterocycles. The molecule has 0 radical (unpaired) electrons. The number of hydrogen-bond donors (Lipinski definition) is 1. The second-order valence-corrected chi connectivity index (χ2v) is 4.08. The minimum absolute atomic E-state index is 0.111. The van der Waals surface area contributed by atoms with E-state index in [2.05, 4.69) is 0 Å². The van der Waals surface area contributed by atoms with Gasteiger partial charge in [0.2, 0.25) is 0 Å². The summed E-state index contributed by atoms with van der Waals surface area (Å²) < 4.78 is 16.0. The first kappa shape index (κ1) is 12.4. The molecule has 0 bridgehead atoms. The van der Waals surface area contributed by atoms with Crippen molar-refractivity contribution in [1.29, 1.82) is 0 Å². The lowest BCUT2D eigenvalue weighted by molar-refractivity contribution is -0.0137. The Kier molecular flexibility index (Phi) is 4.36. The highest BCUT2D eigenvalue weighted by atomic mass is 16.5. The fourth-order valence-corrected chi connectivity index (χ4v) is 1.90. The molecule has 0 aliphatic carbocycles. The zero-order valence-corrected chi connectivity index (χ0v) is 9.96. The second kappa shape index (κ2) is 6.00. The van der Waals surface area contributed by atoms with Crippen LogP contribution in [0.2, 0.25) is 0 Å². The quantitative estimate of drug-likeness (QED) is 0.845. The smallest absolute Gasteiger partial charge is 0.124 e. The molecule has 1 heterocycles. The lowest BCUT2D eigenvalue weighted by Gasteiger charge is -2.17. The van der Waals surface area contributed by atoms with Crippen molar-refractivity contribution in [2.45, 2.75) is 18.6 Å². The predicted molar refractivity (Wildman–Crippen MR) is 63.1 cm³/mol. The van der Waals surface area contributed by atoms with Gasteiger partial charge in [0.25, 0.3) is 0 Å². The van der Waals surface area contributed by atoms with Gasteiger partial charge >= 0.3 is 0 Å². The van der Waals surface area contributed by atoms with Crippen LogP contribution in [0, 0.1) is 0 Å². The van der Waals surface area contributed by atoms with E-state index in [1.165, 1.54) is 0 Å². The SMILES string of the molecule is COc1ccccc1C(O)COC1CCOC1. The molecule has 1 N–H and O–H groups in total. The number of aliphatic hydroxyl groups is 1. The van der Waals surface area contributed by atoms with Crippen molar-refractivity contribution in [3.8, 4) is 5.75 Å². The van der Waals surface area contributed by atoms with Gasteiger partial charge in [-0.05, 0) is 12.5 Å². The Morgan fingerprint density at radius 1 is 1.47 bits per heavy atom. The van der Waals surface area contributed by atoms with Crippen LogP contribution >= 0.6 is 0 Å². The molecule has 2 unspecified atom stereocenters.